The summed E-state index contributed by atoms with van der Waals surface area (Å²) in [5.74, 6) is 0.824. The second kappa shape index (κ2) is 12.6. The molecule has 30 heavy (non-hydrogen) atoms. The lowest BCUT2D eigenvalue weighted by molar-refractivity contribution is -0.0212. The summed E-state index contributed by atoms with van der Waals surface area (Å²) in [7, 11) is 0. The van der Waals surface area contributed by atoms with E-state index in [9.17, 15) is 0 Å². The lowest BCUT2D eigenvalue weighted by Crippen LogP contribution is -2.40. The van der Waals surface area contributed by atoms with Crippen LogP contribution in [-0.4, -0.2) is 48.2 Å². The second-order valence-electron chi connectivity index (χ2n) is 7.53. The molecule has 1 fully saturated rings. The van der Waals surface area contributed by atoms with Crippen LogP contribution >= 0.6 is 35.3 Å². The van der Waals surface area contributed by atoms with Gasteiger partial charge in [0, 0.05) is 31.1 Å². The Morgan fingerprint density at radius 2 is 2.10 bits per heavy atom. The molecule has 8 heteroatoms. The van der Waals surface area contributed by atoms with E-state index in [0.29, 0.717) is 19.2 Å². The molecule has 1 aliphatic rings. The Labute approximate surface area is 201 Å². The fraction of sp³-hybridized carbons (Fsp3) is 0.545. The number of nitrogens with one attached hydrogen (secondary N) is 2. The van der Waals surface area contributed by atoms with Crippen LogP contribution < -0.4 is 10.6 Å². The number of hydrogen-bond donors (Lipinski definition) is 2. The van der Waals surface area contributed by atoms with Crippen molar-refractivity contribution in [3.8, 4) is 0 Å². The van der Waals surface area contributed by atoms with E-state index in [-0.39, 0.29) is 24.0 Å². The zero-order valence-corrected chi connectivity index (χ0v) is 21.5. The molecule has 3 rings (SSSR count). The van der Waals surface area contributed by atoms with Crippen molar-refractivity contribution < 1.29 is 4.74 Å². The van der Waals surface area contributed by atoms with Crippen LogP contribution in [-0.2, 0) is 24.4 Å². The van der Waals surface area contributed by atoms with Crippen molar-refractivity contribution in [2.45, 2.75) is 53.4 Å². The molecular weight excluding hydrogens is 509 g/mol. The molecule has 2 heterocycles. The lowest BCUT2D eigenvalue weighted by atomic mass is 10.1. The summed E-state index contributed by atoms with van der Waals surface area (Å²) >= 11 is 1.74. The van der Waals surface area contributed by atoms with Crippen molar-refractivity contribution in [2.24, 2.45) is 4.99 Å². The van der Waals surface area contributed by atoms with E-state index in [1.54, 1.807) is 11.3 Å². The molecule has 1 atom stereocenters. The molecular formula is C22H34IN5OS. The third-order valence-electron chi connectivity index (χ3n) is 4.97. The molecule has 1 unspecified atom stereocenters. The quantitative estimate of drug-likeness (QED) is 0.316. The van der Waals surface area contributed by atoms with Crippen LogP contribution in [0, 0.1) is 13.8 Å². The Bertz CT molecular complexity index is 806. The smallest absolute Gasteiger partial charge is 0.191 e. The Morgan fingerprint density at radius 3 is 2.80 bits per heavy atom. The van der Waals surface area contributed by atoms with Crippen LogP contribution in [0.5, 0.6) is 0 Å². The monoisotopic (exact) mass is 543 g/mol. The Balaban J connectivity index is 0.00000320. The number of benzene rings is 1. The minimum atomic E-state index is 0. The van der Waals surface area contributed by atoms with Gasteiger partial charge in [0.05, 0.1) is 31.5 Å². The van der Waals surface area contributed by atoms with E-state index < -0.39 is 0 Å². The second-order valence-corrected chi connectivity index (χ2v) is 8.82. The van der Waals surface area contributed by atoms with Crippen molar-refractivity contribution in [1.82, 2.24) is 20.5 Å². The first kappa shape index (κ1) is 25.0. The van der Waals surface area contributed by atoms with E-state index in [1.807, 2.05) is 0 Å². The first-order valence-electron chi connectivity index (χ1n) is 10.4. The molecule has 0 bridgehead atoms. The number of thiazole rings is 1. The molecule has 1 aromatic heterocycles. The van der Waals surface area contributed by atoms with Crippen molar-refractivity contribution >= 4 is 41.3 Å². The molecule has 0 aliphatic carbocycles. The maximum atomic E-state index is 5.64. The van der Waals surface area contributed by atoms with Gasteiger partial charge < -0.3 is 15.4 Å². The topological polar surface area (TPSA) is 61.8 Å². The highest BCUT2D eigenvalue weighted by atomic mass is 127. The van der Waals surface area contributed by atoms with Gasteiger partial charge in [0.15, 0.2) is 5.96 Å². The summed E-state index contributed by atoms with van der Waals surface area (Å²) in [4.78, 5) is 13.1. The average Bonchev–Trinajstić information content (AvgIpc) is 3.02. The molecule has 2 aromatic rings. The van der Waals surface area contributed by atoms with Gasteiger partial charge in [-0.3, -0.25) is 4.90 Å². The zero-order valence-electron chi connectivity index (χ0n) is 18.4. The number of rotatable bonds is 7. The third kappa shape index (κ3) is 7.79. The van der Waals surface area contributed by atoms with Gasteiger partial charge in [0.25, 0.3) is 0 Å². The molecule has 166 valence electrons. The maximum absolute atomic E-state index is 5.64. The Hall–Kier alpha value is -1.23. The van der Waals surface area contributed by atoms with Crippen molar-refractivity contribution in [3.63, 3.8) is 0 Å². The summed E-state index contributed by atoms with van der Waals surface area (Å²) in [5.41, 5.74) is 3.67. The number of hydrogen-bond acceptors (Lipinski definition) is 5. The molecule has 1 aromatic carbocycles. The number of morpholine rings is 1. The van der Waals surface area contributed by atoms with Gasteiger partial charge >= 0.3 is 0 Å². The minimum Gasteiger partial charge on any atom is -0.376 e. The van der Waals surface area contributed by atoms with E-state index >= 15 is 0 Å². The van der Waals surface area contributed by atoms with Crippen LogP contribution in [0.15, 0.2) is 29.3 Å². The molecule has 0 saturated carbocycles. The van der Waals surface area contributed by atoms with Crippen molar-refractivity contribution in [2.75, 3.05) is 26.2 Å². The van der Waals surface area contributed by atoms with Gasteiger partial charge in [-0.25, -0.2) is 9.98 Å². The molecule has 6 nitrogen and oxygen atoms in total. The molecule has 1 aliphatic heterocycles. The number of halogens is 1. The van der Waals surface area contributed by atoms with E-state index in [4.69, 9.17) is 9.73 Å². The molecule has 0 spiro atoms. The van der Waals surface area contributed by atoms with Crippen LogP contribution in [0.1, 0.15) is 40.6 Å². The third-order valence-corrected chi connectivity index (χ3v) is 6.04. The minimum absolute atomic E-state index is 0. The summed E-state index contributed by atoms with van der Waals surface area (Å²) < 4.78 is 5.64. The summed E-state index contributed by atoms with van der Waals surface area (Å²) in [6, 6.07) is 8.74. The summed E-state index contributed by atoms with van der Waals surface area (Å²) in [6.45, 7) is 14.3. The SMILES string of the molecule is CCNC(=NCc1cccc(CN2CCOC(C)C2)c1)NCc1nc(C)c(C)s1.I. The zero-order chi connectivity index (χ0) is 20.6. The molecule has 2 N–H and O–H groups in total. The standard InChI is InChI=1S/C22H33N5OS.HI/c1-5-23-22(25-13-21-26-17(3)18(4)29-21)24-12-19-7-6-8-20(11-19)15-27-9-10-28-16(2)14-27;/h6-8,11,16H,5,9-10,12-15H2,1-4H3,(H2,23,24,25);1H. The lowest BCUT2D eigenvalue weighted by Gasteiger charge is -2.31. The van der Waals surface area contributed by atoms with Crippen molar-refractivity contribution in [1.29, 1.82) is 0 Å². The number of nitrogens with zero attached hydrogens (tertiary/aromatic N) is 3. The number of aliphatic imine (C=N–C) groups is 1. The number of aryl methyl sites for hydroxylation is 2. The predicted molar refractivity (Wildman–Crippen MR) is 136 cm³/mol. The van der Waals surface area contributed by atoms with Crippen LogP contribution in [0.3, 0.4) is 0 Å². The number of ether oxygens (including phenoxy) is 1. The first-order chi connectivity index (χ1) is 14.0. The van der Waals surface area contributed by atoms with Gasteiger partial charge in [-0.1, -0.05) is 24.3 Å². The molecule has 1 saturated heterocycles. The van der Waals surface area contributed by atoms with E-state index in [2.05, 4.69) is 72.5 Å². The fourth-order valence-electron chi connectivity index (χ4n) is 3.40. The van der Waals surface area contributed by atoms with Gasteiger partial charge in [-0.2, -0.15) is 0 Å². The van der Waals surface area contributed by atoms with E-state index in [1.165, 1.54) is 16.0 Å². The van der Waals surface area contributed by atoms with Gasteiger partial charge in [0.2, 0.25) is 0 Å². The van der Waals surface area contributed by atoms with Crippen LogP contribution in [0.25, 0.3) is 0 Å². The molecule has 0 radical (unpaired) electrons. The number of aromatic nitrogens is 1. The first-order valence-corrected chi connectivity index (χ1v) is 11.2. The van der Waals surface area contributed by atoms with Gasteiger partial charge in [0.1, 0.15) is 5.01 Å². The Morgan fingerprint density at radius 1 is 1.30 bits per heavy atom. The molecule has 0 amide bonds. The normalized spacial score (nSPS) is 17.5. The van der Waals surface area contributed by atoms with E-state index in [0.717, 1.165) is 49.4 Å². The summed E-state index contributed by atoms with van der Waals surface area (Å²) in [5, 5.41) is 7.81. The van der Waals surface area contributed by atoms with Crippen LogP contribution in [0.4, 0.5) is 0 Å². The number of guanidine groups is 1. The highest BCUT2D eigenvalue weighted by Crippen LogP contribution is 2.16. The summed E-state index contributed by atoms with van der Waals surface area (Å²) in [6.07, 6.45) is 0.315. The largest absolute Gasteiger partial charge is 0.376 e. The fourth-order valence-corrected chi connectivity index (χ4v) is 4.28. The van der Waals surface area contributed by atoms with Crippen LogP contribution in [0.2, 0.25) is 0 Å². The maximum Gasteiger partial charge on any atom is 0.191 e. The average molecular weight is 544 g/mol. The highest BCUT2D eigenvalue weighted by Gasteiger charge is 2.16. The van der Waals surface area contributed by atoms with Crippen molar-refractivity contribution in [3.05, 3.63) is 51.0 Å². The predicted octanol–water partition coefficient (Wildman–Crippen LogP) is 3.85. The highest BCUT2D eigenvalue weighted by molar-refractivity contribution is 14.0. The Kier molecular flexibility index (Phi) is 10.5. The van der Waals surface area contributed by atoms with Gasteiger partial charge in [-0.05, 0) is 38.8 Å². The van der Waals surface area contributed by atoms with Gasteiger partial charge in [-0.15, -0.1) is 35.3 Å².